The summed E-state index contributed by atoms with van der Waals surface area (Å²) in [5, 5.41) is 6.97. The second-order valence-electron chi connectivity index (χ2n) is 6.91. The van der Waals surface area contributed by atoms with Crippen LogP contribution in [0.4, 0.5) is 5.69 Å². The average Bonchev–Trinajstić information content (AvgIpc) is 3.30. The number of imidazole rings is 1. The van der Waals surface area contributed by atoms with Crippen LogP contribution in [0.2, 0.25) is 0 Å². The summed E-state index contributed by atoms with van der Waals surface area (Å²) in [7, 11) is 1.64. The number of ether oxygens (including phenoxy) is 1. The molecule has 1 aromatic carbocycles. The number of nitrogens with one attached hydrogen (secondary N) is 1. The normalized spacial score (nSPS) is 11.2. The summed E-state index contributed by atoms with van der Waals surface area (Å²) in [5.41, 5.74) is 5.56. The van der Waals surface area contributed by atoms with E-state index in [0.717, 1.165) is 22.3 Å². The summed E-state index contributed by atoms with van der Waals surface area (Å²) in [6.45, 7) is 6.15. The lowest BCUT2D eigenvalue weighted by atomic mass is 10.0. The second kappa shape index (κ2) is 7.48. The van der Waals surface area contributed by atoms with Crippen LogP contribution in [0.15, 0.2) is 41.2 Å². The molecule has 0 fully saturated rings. The van der Waals surface area contributed by atoms with Crippen LogP contribution in [0.3, 0.4) is 0 Å². The van der Waals surface area contributed by atoms with Crippen molar-refractivity contribution >= 4 is 17.2 Å². The summed E-state index contributed by atoms with van der Waals surface area (Å²) >= 11 is 0. The highest BCUT2D eigenvalue weighted by molar-refractivity contribution is 6.04. The molecule has 0 saturated carbocycles. The molecule has 3 aromatic heterocycles. The van der Waals surface area contributed by atoms with E-state index in [2.05, 4.69) is 20.4 Å². The minimum atomic E-state index is -0.251. The van der Waals surface area contributed by atoms with Crippen LogP contribution < -0.4 is 5.32 Å². The van der Waals surface area contributed by atoms with Gasteiger partial charge in [-0.25, -0.2) is 4.98 Å². The standard InChI is InChI=1S/C21H21N5O3/c1-12-7-13(2)17(9-16(12)20-23-14(3)29-25-20)24-21(27)18-10-22-19-8-15(11-28-4)5-6-26(18)19/h5-10H,11H2,1-4H3,(H,24,27). The molecule has 0 saturated heterocycles. The van der Waals surface area contributed by atoms with Gasteiger partial charge in [0.1, 0.15) is 11.3 Å². The van der Waals surface area contributed by atoms with Crippen molar-refractivity contribution in [2.24, 2.45) is 0 Å². The van der Waals surface area contributed by atoms with Gasteiger partial charge in [0.15, 0.2) is 0 Å². The number of amides is 1. The third-order valence-corrected chi connectivity index (χ3v) is 4.71. The molecule has 8 heteroatoms. The Kier molecular flexibility index (Phi) is 4.85. The quantitative estimate of drug-likeness (QED) is 0.557. The molecule has 0 radical (unpaired) electrons. The van der Waals surface area contributed by atoms with Crippen LogP contribution in [-0.2, 0) is 11.3 Å². The minimum Gasteiger partial charge on any atom is -0.380 e. The number of aromatic nitrogens is 4. The molecule has 1 amide bonds. The van der Waals surface area contributed by atoms with Crippen LogP contribution in [0, 0.1) is 20.8 Å². The predicted octanol–water partition coefficient (Wildman–Crippen LogP) is 3.71. The van der Waals surface area contributed by atoms with Crippen molar-refractivity contribution in [3.63, 3.8) is 0 Å². The fourth-order valence-corrected chi connectivity index (χ4v) is 3.27. The number of rotatable bonds is 5. The molecule has 29 heavy (non-hydrogen) atoms. The van der Waals surface area contributed by atoms with Crippen molar-refractivity contribution in [2.75, 3.05) is 12.4 Å². The number of pyridine rings is 1. The van der Waals surface area contributed by atoms with Gasteiger partial charge in [-0.15, -0.1) is 0 Å². The highest BCUT2D eigenvalue weighted by atomic mass is 16.5. The van der Waals surface area contributed by atoms with Crippen molar-refractivity contribution < 1.29 is 14.1 Å². The zero-order valence-electron chi connectivity index (χ0n) is 16.7. The number of aryl methyl sites for hydroxylation is 3. The third kappa shape index (κ3) is 3.62. The highest BCUT2D eigenvalue weighted by Crippen LogP contribution is 2.28. The monoisotopic (exact) mass is 391 g/mol. The molecule has 4 aromatic rings. The van der Waals surface area contributed by atoms with Crippen LogP contribution in [0.5, 0.6) is 0 Å². The maximum atomic E-state index is 12.9. The molecule has 3 heterocycles. The number of nitrogens with zero attached hydrogens (tertiary/aromatic N) is 4. The molecule has 8 nitrogen and oxygen atoms in total. The van der Waals surface area contributed by atoms with E-state index >= 15 is 0 Å². The third-order valence-electron chi connectivity index (χ3n) is 4.71. The Morgan fingerprint density at radius 1 is 1.21 bits per heavy atom. The van der Waals surface area contributed by atoms with Gasteiger partial charge < -0.3 is 14.6 Å². The number of hydrogen-bond acceptors (Lipinski definition) is 6. The molecule has 148 valence electrons. The van der Waals surface area contributed by atoms with Gasteiger partial charge in [0.25, 0.3) is 5.91 Å². The highest BCUT2D eigenvalue weighted by Gasteiger charge is 2.16. The first kappa shape index (κ1) is 18.8. The topological polar surface area (TPSA) is 94.6 Å². The van der Waals surface area contributed by atoms with Gasteiger partial charge in [0.05, 0.1) is 12.8 Å². The average molecular weight is 391 g/mol. The lowest BCUT2D eigenvalue weighted by Crippen LogP contribution is -2.15. The Morgan fingerprint density at radius 3 is 2.76 bits per heavy atom. The zero-order chi connectivity index (χ0) is 20.5. The molecule has 0 aliphatic heterocycles. The molecule has 0 aliphatic rings. The van der Waals surface area contributed by atoms with E-state index in [9.17, 15) is 4.79 Å². The maximum absolute atomic E-state index is 12.9. The van der Waals surface area contributed by atoms with Gasteiger partial charge in [-0.05, 0) is 48.7 Å². The Morgan fingerprint density at radius 2 is 2.03 bits per heavy atom. The largest absolute Gasteiger partial charge is 0.380 e. The Labute approximate surface area is 167 Å². The molecular weight excluding hydrogens is 370 g/mol. The lowest BCUT2D eigenvalue weighted by molar-refractivity contribution is 0.102. The van der Waals surface area contributed by atoms with E-state index in [1.807, 2.05) is 44.3 Å². The van der Waals surface area contributed by atoms with E-state index in [0.29, 0.717) is 35.4 Å². The summed E-state index contributed by atoms with van der Waals surface area (Å²) in [4.78, 5) is 21.6. The van der Waals surface area contributed by atoms with Gasteiger partial charge in [-0.2, -0.15) is 4.98 Å². The van der Waals surface area contributed by atoms with Crippen LogP contribution in [0.25, 0.3) is 17.0 Å². The molecule has 0 atom stereocenters. The Balaban J connectivity index is 1.65. The van der Waals surface area contributed by atoms with Gasteiger partial charge >= 0.3 is 0 Å². The number of anilines is 1. The predicted molar refractivity (Wildman–Crippen MR) is 108 cm³/mol. The van der Waals surface area contributed by atoms with Crippen LogP contribution in [-0.4, -0.2) is 32.5 Å². The number of methoxy groups -OCH3 is 1. The van der Waals surface area contributed by atoms with Gasteiger partial charge in [0, 0.05) is 31.5 Å². The smallest absolute Gasteiger partial charge is 0.274 e. The van der Waals surface area contributed by atoms with Gasteiger partial charge in [-0.1, -0.05) is 11.2 Å². The molecular formula is C21H21N5O3. The fraction of sp³-hybridized carbons (Fsp3) is 0.238. The molecule has 0 aliphatic carbocycles. The number of carbonyl (C=O) groups excluding carboxylic acids is 1. The first-order valence-corrected chi connectivity index (χ1v) is 9.14. The Bertz CT molecular complexity index is 1210. The molecule has 0 spiro atoms. The number of carbonyl (C=O) groups is 1. The first-order chi connectivity index (χ1) is 14.0. The van der Waals surface area contributed by atoms with E-state index < -0.39 is 0 Å². The van der Waals surface area contributed by atoms with Crippen molar-refractivity contribution in [3.05, 3.63) is 64.9 Å². The van der Waals surface area contributed by atoms with Gasteiger partial charge in [-0.3, -0.25) is 9.20 Å². The zero-order valence-corrected chi connectivity index (χ0v) is 16.7. The van der Waals surface area contributed by atoms with Crippen molar-refractivity contribution in [1.82, 2.24) is 19.5 Å². The van der Waals surface area contributed by atoms with E-state index in [1.54, 1.807) is 24.6 Å². The van der Waals surface area contributed by atoms with Crippen LogP contribution in [0.1, 0.15) is 33.1 Å². The SMILES string of the molecule is COCc1ccn2c(C(=O)Nc3cc(-c4noc(C)n4)c(C)cc3C)cnc2c1. The molecule has 1 N–H and O–H groups in total. The van der Waals surface area contributed by atoms with Crippen molar-refractivity contribution in [1.29, 1.82) is 0 Å². The fourth-order valence-electron chi connectivity index (χ4n) is 3.27. The summed E-state index contributed by atoms with van der Waals surface area (Å²) < 4.78 is 12.0. The summed E-state index contributed by atoms with van der Waals surface area (Å²) in [5.74, 6) is 0.735. The van der Waals surface area contributed by atoms with Crippen LogP contribution >= 0.6 is 0 Å². The maximum Gasteiger partial charge on any atom is 0.274 e. The van der Waals surface area contributed by atoms with Crippen molar-refractivity contribution in [3.8, 4) is 11.4 Å². The summed E-state index contributed by atoms with van der Waals surface area (Å²) in [6.07, 6.45) is 3.38. The van der Waals surface area contributed by atoms with E-state index in [4.69, 9.17) is 9.26 Å². The lowest BCUT2D eigenvalue weighted by Gasteiger charge is -2.12. The first-order valence-electron chi connectivity index (χ1n) is 9.14. The number of benzene rings is 1. The molecule has 4 rings (SSSR count). The molecule has 0 unspecified atom stereocenters. The second-order valence-corrected chi connectivity index (χ2v) is 6.91. The van der Waals surface area contributed by atoms with E-state index in [-0.39, 0.29) is 5.91 Å². The van der Waals surface area contributed by atoms with Crippen molar-refractivity contribution in [2.45, 2.75) is 27.4 Å². The molecule has 0 bridgehead atoms. The minimum absolute atomic E-state index is 0.251. The van der Waals surface area contributed by atoms with Gasteiger partial charge in [0.2, 0.25) is 11.7 Å². The number of hydrogen-bond donors (Lipinski definition) is 1. The Hall–Kier alpha value is -3.52. The summed E-state index contributed by atoms with van der Waals surface area (Å²) in [6, 6.07) is 7.66. The number of fused-ring (bicyclic) bond motifs is 1. The van der Waals surface area contributed by atoms with E-state index in [1.165, 1.54) is 0 Å².